The molecule has 2 rings (SSSR count). The zero-order chi connectivity index (χ0) is 11.9. The van der Waals surface area contributed by atoms with Gasteiger partial charge in [-0.3, -0.25) is 4.79 Å². The minimum atomic E-state index is -0.434. The minimum Gasteiger partial charge on any atom is -0.381 e. The average Bonchev–Trinajstić information content (AvgIpc) is 2.25. The molecule has 1 aliphatic heterocycles. The molecule has 0 saturated carbocycles. The molecule has 0 saturated heterocycles. The smallest absolute Gasteiger partial charge is 0.231 e. The lowest BCUT2D eigenvalue weighted by Gasteiger charge is -2.19. The van der Waals surface area contributed by atoms with Crippen LogP contribution in [0.1, 0.15) is 19.4 Å². The summed E-state index contributed by atoms with van der Waals surface area (Å²) < 4.78 is 0. The second kappa shape index (κ2) is 3.67. The number of nitrogens with one attached hydrogen (secondary N) is 2. The van der Waals surface area contributed by atoms with Crippen molar-refractivity contribution in [3.8, 4) is 0 Å². The van der Waals surface area contributed by atoms with E-state index in [0.717, 1.165) is 16.9 Å². The molecule has 1 aromatic rings. The molecule has 0 atom stereocenters. The van der Waals surface area contributed by atoms with Crippen molar-refractivity contribution in [2.24, 2.45) is 5.41 Å². The summed E-state index contributed by atoms with van der Waals surface area (Å²) >= 11 is 6.15. The summed E-state index contributed by atoms with van der Waals surface area (Å²) in [4.78, 5) is 11.9. The predicted octanol–water partition coefficient (Wildman–Crippen LogP) is 3.04. The zero-order valence-corrected chi connectivity index (χ0v) is 10.4. The fourth-order valence-corrected chi connectivity index (χ4v) is 2.04. The van der Waals surface area contributed by atoms with Gasteiger partial charge in [-0.1, -0.05) is 11.6 Å². The van der Waals surface area contributed by atoms with Crippen LogP contribution >= 0.6 is 11.6 Å². The van der Waals surface area contributed by atoms with Gasteiger partial charge in [-0.25, -0.2) is 0 Å². The molecule has 0 bridgehead atoms. The predicted molar refractivity (Wildman–Crippen MR) is 67.1 cm³/mol. The van der Waals surface area contributed by atoms with Gasteiger partial charge in [-0.2, -0.15) is 0 Å². The van der Waals surface area contributed by atoms with Gasteiger partial charge < -0.3 is 10.6 Å². The molecule has 86 valence electrons. The number of hydrogen-bond donors (Lipinski definition) is 2. The van der Waals surface area contributed by atoms with Gasteiger partial charge in [-0.05, 0) is 38.5 Å². The summed E-state index contributed by atoms with van der Waals surface area (Å²) in [6, 6.07) is 3.81. The van der Waals surface area contributed by atoms with Gasteiger partial charge in [0, 0.05) is 6.54 Å². The number of amides is 1. The van der Waals surface area contributed by atoms with Crippen LogP contribution in [0.2, 0.25) is 5.02 Å². The molecule has 0 fully saturated rings. The Morgan fingerprint density at radius 3 is 2.75 bits per heavy atom. The van der Waals surface area contributed by atoms with E-state index in [-0.39, 0.29) is 5.91 Å². The second-order valence-corrected chi connectivity index (χ2v) is 5.27. The third-order valence-corrected chi connectivity index (χ3v) is 3.10. The van der Waals surface area contributed by atoms with Gasteiger partial charge in [0.1, 0.15) is 0 Å². The molecule has 16 heavy (non-hydrogen) atoms. The normalized spacial score (nSPS) is 18.1. The van der Waals surface area contributed by atoms with Gasteiger partial charge in [0.25, 0.3) is 0 Å². The van der Waals surface area contributed by atoms with Gasteiger partial charge in [0.05, 0.1) is 21.8 Å². The number of hydrogen-bond acceptors (Lipinski definition) is 2. The van der Waals surface area contributed by atoms with Gasteiger partial charge >= 0.3 is 0 Å². The standard InChI is InChI=1S/C12H15ClN2O/c1-7-4-8(13)10-9(5-7)15-11(16)12(2,3)6-14-10/h4-5,14H,6H2,1-3H3,(H,15,16). The molecule has 1 heterocycles. The lowest BCUT2D eigenvalue weighted by Crippen LogP contribution is -2.34. The summed E-state index contributed by atoms with van der Waals surface area (Å²) in [6.07, 6.45) is 0. The zero-order valence-electron chi connectivity index (χ0n) is 9.65. The first kappa shape index (κ1) is 11.3. The molecule has 0 radical (unpaired) electrons. The third-order valence-electron chi connectivity index (χ3n) is 2.80. The van der Waals surface area contributed by atoms with Crippen LogP contribution in [0.15, 0.2) is 12.1 Å². The van der Waals surface area contributed by atoms with E-state index in [2.05, 4.69) is 10.6 Å². The van der Waals surface area contributed by atoms with Gasteiger partial charge in [0.15, 0.2) is 0 Å². The van der Waals surface area contributed by atoms with Crippen LogP contribution in [-0.2, 0) is 4.79 Å². The average molecular weight is 239 g/mol. The summed E-state index contributed by atoms with van der Waals surface area (Å²) in [5, 5.41) is 6.78. The first-order valence-electron chi connectivity index (χ1n) is 5.25. The Balaban J connectivity index is 2.49. The topological polar surface area (TPSA) is 41.1 Å². The van der Waals surface area contributed by atoms with Crippen molar-refractivity contribution in [3.63, 3.8) is 0 Å². The Labute approximate surface area is 100 Å². The fourth-order valence-electron chi connectivity index (χ4n) is 1.70. The maximum Gasteiger partial charge on any atom is 0.231 e. The van der Waals surface area contributed by atoms with Crippen molar-refractivity contribution in [1.82, 2.24) is 0 Å². The van der Waals surface area contributed by atoms with Crippen LogP contribution in [0.4, 0.5) is 11.4 Å². The lowest BCUT2D eigenvalue weighted by molar-refractivity contribution is -0.123. The van der Waals surface area contributed by atoms with Crippen molar-refractivity contribution in [2.75, 3.05) is 17.2 Å². The highest BCUT2D eigenvalue weighted by Crippen LogP contribution is 2.36. The molecule has 1 aromatic carbocycles. The Morgan fingerprint density at radius 1 is 1.38 bits per heavy atom. The third kappa shape index (κ3) is 1.87. The van der Waals surface area contributed by atoms with Crippen molar-refractivity contribution in [2.45, 2.75) is 20.8 Å². The molecule has 0 spiro atoms. The van der Waals surface area contributed by atoms with Crippen LogP contribution in [0.3, 0.4) is 0 Å². The maximum atomic E-state index is 11.9. The van der Waals surface area contributed by atoms with E-state index >= 15 is 0 Å². The SMILES string of the molecule is Cc1cc(Cl)c2c(c1)NC(=O)C(C)(C)CN2. The number of carbonyl (C=O) groups is 1. The van der Waals surface area contributed by atoms with E-state index in [1.165, 1.54) is 0 Å². The van der Waals surface area contributed by atoms with Crippen molar-refractivity contribution >= 4 is 28.9 Å². The molecule has 4 heteroatoms. The van der Waals surface area contributed by atoms with E-state index in [9.17, 15) is 4.79 Å². The van der Waals surface area contributed by atoms with E-state index in [0.29, 0.717) is 11.6 Å². The van der Waals surface area contributed by atoms with Crippen LogP contribution < -0.4 is 10.6 Å². The van der Waals surface area contributed by atoms with E-state index < -0.39 is 5.41 Å². The molecular weight excluding hydrogens is 224 g/mol. The molecule has 3 nitrogen and oxygen atoms in total. The molecule has 1 amide bonds. The molecule has 0 aromatic heterocycles. The van der Waals surface area contributed by atoms with Crippen LogP contribution in [0.25, 0.3) is 0 Å². The molecule has 0 unspecified atom stereocenters. The fraction of sp³-hybridized carbons (Fsp3) is 0.417. The Hall–Kier alpha value is -1.22. The quantitative estimate of drug-likeness (QED) is 0.730. The Bertz CT molecular complexity index is 455. The minimum absolute atomic E-state index is 0.0143. The summed E-state index contributed by atoms with van der Waals surface area (Å²) in [7, 11) is 0. The molecule has 0 aliphatic carbocycles. The lowest BCUT2D eigenvalue weighted by atomic mass is 9.93. The Kier molecular flexibility index (Phi) is 2.58. The highest BCUT2D eigenvalue weighted by molar-refractivity contribution is 6.34. The molecule has 1 aliphatic rings. The van der Waals surface area contributed by atoms with Crippen LogP contribution in [-0.4, -0.2) is 12.5 Å². The summed E-state index contributed by atoms with van der Waals surface area (Å²) in [6.45, 7) is 6.34. The highest BCUT2D eigenvalue weighted by atomic mass is 35.5. The van der Waals surface area contributed by atoms with E-state index in [1.807, 2.05) is 32.9 Å². The van der Waals surface area contributed by atoms with E-state index in [4.69, 9.17) is 11.6 Å². The number of rotatable bonds is 0. The molecular formula is C12H15ClN2O. The summed E-state index contributed by atoms with van der Waals surface area (Å²) in [5.74, 6) is 0.0143. The first-order chi connectivity index (χ1) is 7.40. The number of aryl methyl sites for hydroxylation is 1. The first-order valence-corrected chi connectivity index (χ1v) is 5.63. The van der Waals surface area contributed by atoms with Gasteiger partial charge in [0.2, 0.25) is 5.91 Å². The highest BCUT2D eigenvalue weighted by Gasteiger charge is 2.31. The van der Waals surface area contributed by atoms with Gasteiger partial charge in [-0.15, -0.1) is 0 Å². The van der Waals surface area contributed by atoms with Crippen molar-refractivity contribution in [3.05, 3.63) is 22.7 Å². The second-order valence-electron chi connectivity index (χ2n) is 4.86. The number of benzene rings is 1. The largest absolute Gasteiger partial charge is 0.381 e. The van der Waals surface area contributed by atoms with Crippen molar-refractivity contribution in [1.29, 1.82) is 0 Å². The molecule has 2 N–H and O–H groups in total. The van der Waals surface area contributed by atoms with E-state index in [1.54, 1.807) is 0 Å². The maximum absolute atomic E-state index is 11.9. The van der Waals surface area contributed by atoms with Crippen LogP contribution in [0, 0.1) is 12.3 Å². The monoisotopic (exact) mass is 238 g/mol. The summed E-state index contributed by atoms with van der Waals surface area (Å²) in [5.41, 5.74) is 2.17. The van der Waals surface area contributed by atoms with Crippen LogP contribution in [0.5, 0.6) is 0 Å². The van der Waals surface area contributed by atoms with Crippen molar-refractivity contribution < 1.29 is 4.79 Å². The Morgan fingerprint density at radius 2 is 2.06 bits per heavy atom. The number of halogens is 1. The number of carbonyl (C=O) groups excluding carboxylic acids is 1. The number of fused-ring (bicyclic) bond motifs is 1. The number of anilines is 2.